The molecule has 6 nitrogen and oxygen atoms in total. The van der Waals surface area contributed by atoms with Crippen LogP contribution in [0.15, 0.2) is 10.9 Å². The summed E-state index contributed by atoms with van der Waals surface area (Å²) in [5, 5.41) is 8.63. The van der Waals surface area contributed by atoms with Crippen LogP contribution in [-0.2, 0) is 4.74 Å². The van der Waals surface area contributed by atoms with Gasteiger partial charge in [-0.25, -0.2) is 9.78 Å². The van der Waals surface area contributed by atoms with E-state index in [9.17, 15) is 9.59 Å². The van der Waals surface area contributed by atoms with Crippen molar-refractivity contribution < 1.29 is 14.6 Å². The summed E-state index contributed by atoms with van der Waals surface area (Å²) in [5.74, 6) is -1.03. The fraction of sp³-hybridized carbons (Fsp3) is 0.375. The molecule has 0 amide bonds. The Morgan fingerprint density at radius 2 is 2.36 bits per heavy atom. The molecule has 0 aliphatic carbocycles. The number of carboxylic acid groups (broad SMARTS) is 1. The van der Waals surface area contributed by atoms with Crippen LogP contribution in [0.1, 0.15) is 29.3 Å². The molecule has 1 aromatic rings. The van der Waals surface area contributed by atoms with Crippen molar-refractivity contribution in [2.75, 3.05) is 7.11 Å². The molecule has 1 aromatic heterocycles. The average molecular weight is 198 g/mol. The second kappa shape index (κ2) is 4.01. The molecule has 0 aliphatic rings. The Labute approximate surface area is 79.6 Å². The Kier molecular flexibility index (Phi) is 2.98. The standard InChI is InChI=1S/C8H10N2O4/c1-4(14-2)7-9-5(8(12)13)3-6(11)10-7/h3-4H,1-2H3,(H,12,13)(H,9,10,11). The summed E-state index contributed by atoms with van der Waals surface area (Å²) >= 11 is 0. The summed E-state index contributed by atoms with van der Waals surface area (Å²) in [7, 11) is 1.44. The number of aromatic carboxylic acids is 1. The second-order valence-corrected chi connectivity index (χ2v) is 2.70. The average Bonchev–Trinajstić information content (AvgIpc) is 2.15. The number of nitrogens with zero attached hydrogens (tertiary/aromatic N) is 1. The molecule has 0 saturated carbocycles. The third-order valence-electron chi connectivity index (χ3n) is 1.72. The normalized spacial score (nSPS) is 12.4. The Balaban J connectivity index is 3.20. The number of rotatable bonds is 3. The molecule has 0 aromatic carbocycles. The Bertz CT molecular complexity index is 399. The van der Waals surface area contributed by atoms with Crippen LogP contribution in [0.4, 0.5) is 0 Å². The minimum Gasteiger partial charge on any atom is -0.477 e. The van der Waals surface area contributed by atoms with E-state index in [1.54, 1.807) is 6.92 Å². The Hall–Kier alpha value is -1.69. The van der Waals surface area contributed by atoms with Gasteiger partial charge in [0, 0.05) is 13.2 Å². The molecule has 6 heteroatoms. The maximum atomic E-state index is 11.0. The molecular weight excluding hydrogens is 188 g/mol. The predicted octanol–water partition coefficient (Wildman–Crippen LogP) is 0.176. The number of aromatic nitrogens is 2. The van der Waals surface area contributed by atoms with E-state index in [1.165, 1.54) is 7.11 Å². The van der Waals surface area contributed by atoms with Gasteiger partial charge in [0.15, 0.2) is 5.69 Å². The number of hydrogen-bond donors (Lipinski definition) is 2. The second-order valence-electron chi connectivity index (χ2n) is 2.70. The monoisotopic (exact) mass is 198 g/mol. The third-order valence-corrected chi connectivity index (χ3v) is 1.72. The lowest BCUT2D eigenvalue weighted by atomic mass is 10.3. The molecule has 1 atom stereocenters. The first kappa shape index (κ1) is 10.4. The molecule has 1 heterocycles. The van der Waals surface area contributed by atoms with Gasteiger partial charge in [0.25, 0.3) is 5.56 Å². The van der Waals surface area contributed by atoms with Crippen molar-refractivity contribution in [2.45, 2.75) is 13.0 Å². The van der Waals surface area contributed by atoms with Crippen LogP contribution in [0.3, 0.4) is 0 Å². The zero-order valence-corrected chi connectivity index (χ0v) is 7.77. The van der Waals surface area contributed by atoms with E-state index in [1.807, 2.05) is 0 Å². The van der Waals surface area contributed by atoms with Crippen molar-refractivity contribution in [2.24, 2.45) is 0 Å². The zero-order valence-electron chi connectivity index (χ0n) is 7.77. The molecule has 1 unspecified atom stereocenters. The third kappa shape index (κ3) is 2.17. The quantitative estimate of drug-likeness (QED) is 0.722. The van der Waals surface area contributed by atoms with Crippen LogP contribution < -0.4 is 5.56 Å². The number of hydrogen-bond acceptors (Lipinski definition) is 4. The number of methoxy groups -OCH3 is 1. The SMILES string of the molecule is COC(C)c1nc(C(=O)O)cc(=O)[nH]1. The summed E-state index contributed by atoms with van der Waals surface area (Å²) in [6.07, 6.45) is -0.443. The predicted molar refractivity (Wildman–Crippen MR) is 47.2 cm³/mol. The molecule has 0 saturated heterocycles. The maximum absolute atomic E-state index is 11.0. The molecule has 0 bridgehead atoms. The molecule has 0 radical (unpaired) electrons. The van der Waals surface area contributed by atoms with E-state index in [4.69, 9.17) is 9.84 Å². The van der Waals surface area contributed by atoms with Gasteiger partial charge >= 0.3 is 5.97 Å². The lowest BCUT2D eigenvalue weighted by molar-refractivity contribution is 0.0686. The van der Waals surface area contributed by atoms with Crippen molar-refractivity contribution in [3.05, 3.63) is 27.9 Å². The summed E-state index contributed by atoms with van der Waals surface area (Å²) < 4.78 is 4.90. The molecule has 0 aliphatic heterocycles. The van der Waals surface area contributed by atoms with Crippen LogP contribution in [0, 0.1) is 0 Å². The highest BCUT2D eigenvalue weighted by atomic mass is 16.5. The van der Waals surface area contributed by atoms with Crippen LogP contribution in [0.2, 0.25) is 0 Å². The van der Waals surface area contributed by atoms with Crippen LogP contribution in [0.5, 0.6) is 0 Å². The number of aromatic amines is 1. The Morgan fingerprint density at radius 1 is 1.71 bits per heavy atom. The van der Waals surface area contributed by atoms with Gasteiger partial charge in [-0.2, -0.15) is 0 Å². The summed E-state index contributed by atoms with van der Waals surface area (Å²) in [5.41, 5.74) is -0.788. The van der Waals surface area contributed by atoms with Crippen molar-refractivity contribution in [3.63, 3.8) is 0 Å². The van der Waals surface area contributed by atoms with Crippen LogP contribution in [0.25, 0.3) is 0 Å². The van der Waals surface area contributed by atoms with Gasteiger partial charge in [0.2, 0.25) is 0 Å². The fourth-order valence-electron chi connectivity index (χ4n) is 0.890. The lowest BCUT2D eigenvalue weighted by Gasteiger charge is -2.07. The van der Waals surface area contributed by atoms with E-state index in [2.05, 4.69) is 9.97 Å². The first-order valence-electron chi connectivity index (χ1n) is 3.92. The highest BCUT2D eigenvalue weighted by molar-refractivity contribution is 5.85. The minimum atomic E-state index is -1.24. The van der Waals surface area contributed by atoms with Crippen LogP contribution in [-0.4, -0.2) is 28.2 Å². The number of nitrogens with one attached hydrogen (secondary N) is 1. The summed E-state index contributed by atoms with van der Waals surface area (Å²) in [6.45, 7) is 1.66. The van der Waals surface area contributed by atoms with Crippen molar-refractivity contribution in [3.8, 4) is 0 Å². The van der Waals surface area contributed by atoms with Gasteiger partial charge in [0.05, 0.1) is 0 Å². The van der Waals surface area contributed by atoms with E-state index in [0.29, 0.717) is 0 Å². The largest absolute Gasteiger partial charge is 0.477 e. The first-order valence-corrected chi connectivity index (χ1v) is 3.92. The topological polar surface area (TPSA) is 92.3 Å². The minimum absolute atomic E-state index is 0.206. The molecule has 76 valence electrons. The van der Waals surface area contributed by atoms with Gasteiger partial charge in [-0.1, -0.05) is 0 Å². The number of carbonyl (C=O) groups is 1. The summed E-state index contributed by atoms with van der Waals surface area (Å²) in [6, 6.07) is 0.925. The fourth-order valence-corrected chi connectivity index (χ4v) is 0.890. The van der Waals surface area contributed by atoms with E-state index in [-0.39, 0.29) is 11.5 Å². The van der Waals surface area contributed by atoms with E-state index < -0.39 is 17.6 Å². The Morgan fingerprint density at radius 3 is 2.86 bits per heavy atom. The van der Waals surface area contributed by atoms with Gasteiger partial charge in [-0.05, 0) is 6.92 Å². The number of H-pyrrole nitrogens is 1. The molecule has 0 spiro atoms. The van der Waals surface area contributed by atoms with Crippen LogP contribution >= 0.6 is 0 Å². The van der Waals surface area contributed by atoms with Gasteiger partial charge < -0.3 is 14.8 Å². The van der Waals surface area contributed by atoms with E-state index in [0.717, 1.165) is 6.07 Å². The number of ether oxygens (including phenoxy) is 1. The van der Waals surface area contributed by atoms with Gasteiger partial charge in [-0.15, -0.1) is 0 Å². The number of carboxylic acids is 1. The highest BCUT2D eigenvalue weighted by Crippen LogP contribution is 2.08. The van der Waals surface area contributed by atoms with Gasteiger partial charge in [-0.3, -0.25) is 4.79 Å². The summed E-state index contributed by atoms with van der Waals surface area (Å²) in [4.78, 5) is 27.7. The van der Waals surface area contributed by atoms with Gasteiger partial charge in [0.1, 0.15) is 11.9 Å². The van der Waals surface area contributed by atoms with E-state index >= 15 is 0 Å². The zero-order chi connectivity index (χ0) is 10.7. The van der Waals surface area contributed by atoms with Crippen molar-refractivity contribution in [1.29, 1.82) is 0 Å². The molecule has 14 heavy (non-hydrogen) atoms. The van der Waals surface area contributed by atoms with Crippen molar-refractivity contribution >= 4 is 5.97 Å². The molecule has 0 fully saturated rings. The van der Waals surface area contributed by atoms with Crippen molar-refractivity contribution in [1.82, 2.24) is 9.97 Å². The highest BCUT2D eigenvalue weighted by Gasteiger charge is 2.12. The smallest absolute Gasteiger partial charge is 0.354 e. The molecule has 2 N–H and O–H groups in total. The first-order chi connectivity index (χ1) is 6.54. The maximum Gasteiger partial charge on any atom is 0.354 e. The molecular formula is C8H10N2O4. The molecule has 1 rings (SSSR count). The lowest BCUT2D eigenvalue weighted by Crippen LogP contribution is -2.17.